The molecule has 31 heavy (non-hydrogen) atoms. The summed E-state index contributed by atoms with van der Waals surface area (Å²) in [6.45, 7) is 11.0. The Morgan fingerprint density at radius 3 is 2.10 bits per heavy atom. The fourth-order valence-electron chi connectivity index (χ4n) is 3.56. The Labute approximate surface area is 185 Å². The lowest BCUT2D eigenvalue weighted by molar-refractivity contribution is -0.139. The van der Waals surface area contributed by atoms with Crippen molar-refractivity contribution in [2.45, 2.75) is 34.1 Å². The Kier molecular flexibility index (Phi) is 7.21. The van der Waals surface area contributed by atoms with E-state index < -0.39 is 0 Å². The van der Waals surface area contributed by atoms with Crippen molar-refractivity contribution >= 4 is 23.2 Å². The number of benzene rings is 2. The minimum absolute atomic E-state index is 0.0308. The first-order chi connectivity index (χ1) is 14.8. The highest BCUT2D eigenvalue weighted by molar-refractivity contribution is 5.92. The van der Waals surface area contributed by atoms with E-state index in [2.05, 4.69) is 17.1 Å². The van der Waals surface area contributed by atoms with Gasteiger partial charge in [-0.15, -0.1) is 0 Å². The molecule has 0 atom stereocenters. The van der Waals surface area contributed by atoms with E-state index in [0.717, 1.165) is 44.0 Å². The van der Waals surface area contributed by atoms with Gasteiger partial charge >= 0.3 is 0 Å². The zero-order valence-electron chi connectivity index (χ0n) is 19.0. The Balaban J connectivity index is 1.46. The molecule has 3 rings (SSSR count). The van der Waals surface area contributed by atoms with Gasteiger partial charge in [-0.2, -0.15) is 0 Å². The number of piperazine rings is 1. The summed E-state index contributed by atoms with van der Waals surface area (Å²) in [4.78, 5) is 28.8. The standard InChI is InChI=1S/C25H33N3O3/c1-5-19-6-12-22(13-7-19)31-18-23(29)26-20-8-10-21(11-9-20)27-14-16-28(17-15-27)24(30)25(2,3)4/h6-13H,5,14-18H2,1-4H3,(H,26,29). The van der Waals surface area contributed by atoms with Crippen LogP contribution in [0.15, 0.2) is 48.5 Å². The van der Waals surface area contributed by atoms with Crippen LogP contribution in [0.1, 0.15) is 33.3 Å². The van der Waals surface area contributed by atoms with E-state index in [-0.39, 0.29) is 23.8 Å². The number of ether oxygens (including phenoxy) is 1. The molecule has 2 amide bonds. The van der Waals surface area contributed by atoms with E-state index in [1.54, 1.807) is 0 Å². The number of hydrogen-bond acceptors (Lipinski definition) is 4. The third-order valence-electron chi connectivity index (χ3n) is 5.43. The second kappa shape index (κ2) is 9.86. The maximum atomic E-state index is 12.4. The number of nitrogens with zero attached hydrogens (tertiary/aromatic N) is 2. The summed E-state index contributed by atoms with van der Waals surface area (Å²) in [5, 5.41) is 2.87. The molecular formula is C25H33N3O3. The molecule has 166 valence electrons. The first-order valence-electron chi connectivity index (χ1n) is 10.9. The molecular weight excluding hydrogens is 390 g/mol. The quantitative estimate of drug-likeness (QED) is 0.764. The minimum atomic E-state index is -0.343. The molecule has 6 nitrogen and oxygen atoms in total. The van der Waals surface area contributed by atoms with Crippen molar-refractivity contribution in [3.8, 4) is 5.75 Å². The second-order valence-corrected chi connectivity index (χ2v) is 8.91. The van der Waals surface area contributed by atoms with Crippen LogP contribution >= 0.6 is 0 Å². The summed E-state index contributed by atoms with van der Waals surface area (Å²) in [5.74, 6) is 0.696. The van der Waals surface area contributed by atoms with Gasteiger partial charge in [0.25, 0.3) is 5.91 Å². The van der Waals surface area contributed by atoms with Crippen LogP contribution in [0.4, 0.5) is 11.4 Å². The van der Waals surface area contributed by atoms with Gasteiger partial charge in [0.05, 0.1) is 0 Å². The Morgan fingerprint density at radius 2 is 1.55 bits per heavy atom. The lowest BCUT2D eigenvalue weighted by Gasteiger charge is -2.38. The normalized spacial score (nSPS) is 14.3. The van der Waals surface area contributed by atoms with Gasteiger partial charge in [-0.05, 0) is 48.4 Å². The van der Waals surface area contributed by atoms with E-state index in [9.17, 15) is 9.59 Å². The van der Waals surface area contributed by atoms with Crippen LogP contribution in [-0.2, 0) is 16.0 Å². The average molecular weight is 424 g/mol. The molecule has 6 heteroatoms. The van der Waals surface area contributed by atoms with Crippen molar-refractivity contribution < 1.29 is 14.3 Å². The molecule has 1 heterocycles. The van der Waals surface area contributed by atoms with Crippen molar-refractivity contribution in [1.29, 1.82) is 0 Å². The zero-order valence-corrected chi connectivity index (χ0v) is 19.0. The Bertz CT molecular complexity index is 878. The number of anilines is 2. The van der Waals surface area contributed by atoms with E-state index in [4.69, 9.17) is 4.74 Å². The fourth-order valence-corrected chi connectivity index (χ4v) is 3.56. The van der Waals surface area contributed by atoms with E-state index in [0.29, 0.717) is 5.75 Å². The van der Waals surface area contributed by atoms with Gasteiger partial charge in [-0.25, -0.2) is 0 Å². The number of rotatable bonds is 6. The largest absolute Gasteiger partial charge is 0.484 e. The van der Waals surface area contributed by atoms with Crippen LogP contribution in [0.5, 0.6) is 5.75 Å². The van der Waals surface area contributed by atoms with Crippen LogP contribution in [0.2, 0.25) is 0 Å². The van der Waals surface area contributed by atoms with E-state index in [1.165, 1.54) is 5.56 Å². The van der Waals surface area contributed by atoms with Crippen LogP contribution in [0, 0.1) is 5.41 Å². The lowest BCUT2D eigenvalue weighted by atomic mass is 9.94. The lowest BCUT2D eigenvalue weighted by Crippen LogP contribution is -2.51. The summed E-state index contributed by atoms with van der Waals surface area (Å²) in [7, 11) is 0. The number of amides is 2. The van der Waals surface area contributed by atoms with Gasteiger partial charge in [0.1, 0.15) is 5.75 Å². The predicted molar refractivity (Wildman–Crippen MR) is 125 cm³/mol. The van der Waals surface area contributed by atoms with Gasteiger partial charge in [0, 0.05) is 43.0 Å². The number of nitrogens with one attached hydrogen (secondary N) is 1. The third-order valence-corrected chi connectivity index (χ3v) is 5.43. The molecule has 1 saturated heterocycles. The van der Waals surface area contributed by atoms with Crippen LogP contribution in [-0.4, -0.2) is 49.5 Å². The highest BCUT2D eigenvalue weighted by Crippen LogP contribution is 2.22. The second-order valence-electron chi connectivity index (χ2n) is 8.91. The van der Waals surface area contributed by atoms with Crippen molar-refractivity contribution in [3.63, 3.8) is 0 Å². The maximum absolute atomic E-state index is 12.4. The van der Waals surface area contributed by atoms with Crippen molar-refractivity contribution in [1.82, 2.24) is 4.90 Å². The molecule has 1 aliphatic heterocycles. The summed E-state index contributed by atoms with van der Waals surface area (Å²) in [6, 6.07) is 15.6. The summed E-state index contributed by atoms with van der Waals surface area (Å²) >= 11 is 0. The zero-order chi connectivity index (χ0) is 22.4. The van der Waals surface area contributed by atoms with Gasteiger partial charge in [-0.1, -0.05) is 39.8 Å². The summed E-state index contributed by atoms with van der Waals surface area (Å²) in [6.07, 6.45) is 0.974. The molecule has 0 aromatic heterocycles. The average Bonchev–Trinajstić information content (AvgIpc) is 2.77. The summed E-state index contributed by atoms with van der Waals surface area (Å²) in [5.41, 5.74) is 2.72. The molecule has 1 aliphatic rings. The van der Waals surface area contributed by atoms with Crippen LogP contribution < -0.4 is 15.0 Å². The van der Waals surface area contributed by atoms with Crippen molar-refractivity contribution in [2.75, 3.05) is 43.0 Å². The molecule has 0 bridgehead atoms. The molecule has 0 radical (unpaired) electrons. The first kappa shape index (κ1) is 22.7. The topological polar surface area (TPSA) is 61.9 Å². The molecule has 0 spiro atoms. The number of carbonyl (C=O) groups excluding carboxylic acids is 2. The van der Waals surface area contributed by atoms with Gasteiger partial charge in [-0.3, -0.25) is 9.59 Å². The van der Waals surface area contributed by atoms with Gasteiger partial charge in [0.2, 0.25) is 5.91 Å². The Morgan fingerprint density at radius 1 is 0.935 bits per heavy atom. The molecule has 0 saturated carbocycles. The van der Waals surface area contributed by atoms with E-state index in [1.807, 2.05) is 74.2 Å². The monoisotopic (exact) mass is 423 g/mol. The third kappa shape index (κ3) is 6.23. The van der Waals surface area contributed by atoms with Gasteiger partial charge < -0.3 is 19.9 Å². The summed E-state index contributed by atoms with van der Waals surface area (Å²) < 4.78 is 5.56. The molecule has 2 aromatic rings. The van der Waals surface area contributed by atoms with Crippen molar-refractivity contribution in [2.24, 2.45) is 5.41 Å². The molecule has 2 aromatic carbocycles. The first-order valence-corrected chi connectivity index (χ1v) is 10.9. The number of carbonyl (C=O) groups is 2. The van der Waals surface area contributed by atoms with Gasteiger partial charge in [0.15, 0.2) is 6.61 Å². The highest BCUT2D eigenvalue weighted by atomic mass is 16.5. The molecule has 0 aliphatic carbocycles. The predicted octanol–water partition coefficient (Wildman–Crippen LogP) is 3.96. The van der Waals surface area contributed by atoms with E-state index >= 15 is 0 Å². The van der Waals surface area contributed by atoms with Crippen LogP contribution in [0.25, 0.3) is 0 Å². The molecule has 1 fully saturated rings. The molecule has 1 N–H and O–H groups in total. The highest BCUT2D eigenvalue weighted by Gasteiger charge is 2.29. The SMILES string of the molecule is CCc1ccc(OCC(=O)Nc2ccc(N3CCN(C(=O)C(C)(C)C)CC3)cc2)cc1. The fraction of sp³-hybridized carbons (Fsp3) is 0.440. The minimum Gasteiger partial charge on any atom is -0.484 e. The van der Waals surface area contributed by atoms with Crippen LogP contribution in [0.3, 0.4) is 0 Å². The number of aryl methyl sites for hydroxylation is 1. The number of hydrogen-bond donors (Lipinski definition) is 1. The molecule has 0 unspecified atom stereocenters. The maximum Gasteiger partial charge on any atom is 0.262 e. The Hall–Kier alpha value is -3.02. The smallest absolute Gasteiger partial charge is 0.262 e. The van der Waals surface area contributed by atoms with Crippen molar-refractivity contribution in [3.05, 3.63) is 54.1 Å².